The Hall–Kier alpha value is -1.79. The van der Waals surface area contributed by atoms with Crippen LogP contribution in [-0.2, 0) is 9.59 Å². The van der Waals surface area contributed by atoms with Crippen LogP contribution >= 0.6 is 0 Å². The maximum absolute atomic E-state index is 12.1. The number of carboxylic acids is 1. The third-order valence-corrected chi connectivity index (χ3v) is 4.30. The summed E-state index contributed by atoms with van der Waals surface area (Å²) >= 11 is 0. The lowest BCUT2D eigenvalue weighted by molar-refractivity contribution is -0.141. The molecule has 0 aromatic heterocycles. The molecule has 1 saturated carbocycles. The Morgan fingerprint density at radius 2 is 1.95 bits per heavy atom. The zero-order valence-corrected chi connectivity index (χ0v) is 11.2. The quantitative estimate of drug-likeness (QED) is 0.754. The predicted molar refractivity (Wildman–Crippen MR) is 69.0 cm³/mol. The van der Waals surface area contributed by atoms with Crippen LogP contribution in [-0.4, -0.2) is 64.5 Å². The summed E-state index contributed by atoms with van der Waals surface area (Å²) in [5, 5.41) is 11.8. The minimum Gasteiger partial charge on any atom is -0.481 e. The van der Waals surface area contributed by atoms with Crippen molar-refractivity contribution < 1.29 is 19.5 Å². The summed E-state index contributed by atoms with van der Waals surface area (Å²) < 4.78 is 0. The Kier molecular flexibility index (Phi) is 3.27. The zero-order chi connectivity index (χ0) is 14.3. The highest BCUT2D eigenvalue weighted by molar-refractivity contribution is 5.82. The van der Waals surface area contributed by atoms with Crippen molar-refractivity contribution in [2.75, 3.05) is 19.6 Å². The number of urea groups is 1. The monoisotopic (exact) mass is 281 g/mol. The van der Waals surface area contributed by atoms with Crippen LogP contribution in [0.1, 0.15) is 25.7 Å². The molecule has 0 aromatic rings. The van der Waals surface area contributed by atoms with Gasteiger partial charge in [-0.3, -0.25) is 9.59 Å². The number of rotatable bonds is 3. The highest BCUT2D eigenvalue weighted by Crippen LogP contribution is 2.30. The van der Waals surface area contributed by atoms with E-state index >= 15 is 0 Å². The van der Waals surface area contributed by atoms with Gasteiger partial charge in [-0.2, -0.15) is 0 Å². The second-order valence-corrected chi connectivity index (χ2v) is 5.90. The summed E-state index contributed by atoms with van der Waals surface area (Å²) in [6.07, 6.45) is 3.00. The number of hydrogen-bond donors (Lipinski definition) is 2. The Bertz CT molecular complexity index is 449. The fraction of sp³-hybridized carbons (Fsp3) is 0.769. The van der Waals surface area contributed by atoms with E-state index < -0.39 is 11.9 Å². The first-order valence-corrected chi connectivity index (χ1v) is 7.12. The first-order chi connectivity index (χ1) is 9.54. The lowest BCUT2D eigenvalue weighted by Crippen LogP contribution is -2.45. The van der Waals surface area contributed by atoms with Gasteiger partial charge in [0.1, 0.15) is 0 Å². The lowest BCUT2D eigenvalue weighted by Gasteiger charge is -2.20. The molecule has 3 aliphatic rings. The van der Waals surface area contributed by atoms with Crippen molar-refractivity contribution in [2.45, 2.75) is 37.8 Å². The first-order valence-electron chi connectivity index (χ1n) is 7.12. The first kappa shape index (κ1) is 13.2. The van der Waals surface area contributed by atoms with Crippen molar-refractivity contribution in [3.8, 4) is 0 Å². The van der Waals surface area contributed by atoms with Crippen LogP contribution in [0, 0.1) is 5.92 Å². The lowest BCUT2D eigenvalue weighted by atomic mass is 10.1. The molecule has 2 saturated heterocycles. The molecule has 2 unspecified atom stereocenters. The molecule has 7 nitrogen and oxygen atoms in total. The summed E-state index contributed by atoms with van der Waals surface area (Å²) in [6, 6.07) is -0.00347. The molecule has 2 aliphatic heterocycles. The van der Waals surface area contributed by atoms with E-state index in [1.807, 2.05) is 4.90 Å². The van der Waals surface area contributed by atoms with Crippen molar-refractivity contribution in [3.05, 3.63) is 0 Å². The number of amides is 3. The standard InChI is InChI=1S/C13H19N3O4/c17-11-5-9(7-16(11)10-1-2-10)14-13(20)15-4-3-8(6-15)12(18)19/h8-10H,1-7H2,(H,14,20)(H,18,19). The van der Waals surface area contributed by atoms with E-state index in [2.05, 4.69) is 5.32 Å². The molecule has 20 heavy (non-hydrogen) atoms. The molecule has 0 aromatic carbocycles. The summed E-state index contributed by atoms with van der Waals surface area (Å²) in [7, 11) is 0. The van der Waals surface area contributed by atoms with Gasteiger partial charge < -0.3 is 20.2 Å². The Balaban J connectivity index is 1.50. The second-order valence-electron chi connectivity index (χ2n) is 5.90. The fourth-order valence-electron chi connectivity index (χ4n) is 2.98. The van der Waals surface area contributed by atoms with Crippen LogP contribution in [0.4, 0.5) is 4.79 Å². The van der Waals surface area contributed by atoms with Gasteiger partial charge in [0.25, 0.3) is 0 Å². The zero-order valence-electron chi connectivity index (χ0n) is 11.2. The van der Waals surface area contributed by atoms with Gasteiger partial charge in [0, 0.05) is 32.1 Å². The Morgan fingerprint density at radius 3 is 2.55 bits per heavy atom. The number of aliphatic carboxylic acids is 1. The molecular formula is C13H19N3O4. The molecule has 0 radical (unpaired) electrons. The number of nitrogens with one attached hydrogen (secondary N) is 1. The molecule has 3 fully saturated rings. The molecule has 110 valence electrons. The number of carbonyl (C=O) groups excluding carboxylic acids is 2. The maximum Gasteiger partial charge on any atom is 0.317 e. The van der Waals surface area contributed by atoms with E-state index in [0.717, 1.165) is 12.8 Å². The summed E-state index contributed by atoms with van der Waals surface area (Å²) in [6.45, 7) is 1.31. The van der Waals surface area contributed by atoms with Gasteiger partial charge in [0.2, 0.25) is 5.91 Å². The molecule has 2 N–H and O–H groups in total. The van der Waals surface area contributed by atoms with Crippen LogP contribution in [0.5, 0.6) is 0 Å². The largest absolute Gasteiger partial charge is 0.481 e. The number of likely N-dealkylation sites (tertiary alicyclic amines) is 2. The van der Waals surface area contributed by atoms with Gasteiger partial charge in [-0.1, -0.05) is 0 Å². The van der Waals surface area contributed by atoms with Gasteiger partial charge in [0.05, 0.1) is 12.0 Å². The van der Waals surface area contributed by atoms with E-state index in [1.54, 1.807) is 0 Å². The Labute approximate surface area is 116 Å². The van der Waals surface area contributed by atoms with E-state index in [-0.39, 0.29) is 24.5 Å². The normalized spacial score (nSPS) is 29.9. The molecule has 7 heteroatoms. The topological polar surface area (TPSA) is 90.0 Å². The average molecular weight is 281 g/mol. The highest BCUT2D eigenvalue weighted by Gasteiger charge is 2.40. The van der Waals surface area contributed by atoms with Gasteiger partial charge in [-0.15, -0.1) is 0 Å². The SMILES string of the molecule is O=C(O)C1CCN(C(=O)NC2CC(=O)N(C3CC3)C2)C1. The third kappa shape index (κ3) is 2.57. The maximum atomic E-state index is 12.1. The minimum atomic E-state index is -0.851. The molecule has 1 aliphatic carbocycles. The van der Waals surface area contributed by atoms with E-state index in [4.69, 9.17) is 5.11 Å². The molecule has 3 amide bonds. The van der Waals surface area contributed by atoms with E-state index in [1.165, 1.54) is 4.90 Å². The van der Waals surface area contributed by atoms with Crippen LogP contribution in [0.25, 0.3) is 0 Å². The van der Waals surface area contributed by atoms with Crippen LogP contribution in [0.3, 0.4) is 0 Å². The average Bonchev–Trinajstić information content (AvgIpc) is 2.98. The van der Waals surface area contributed by atoms with Gasteiger partial charge in [-0.25, -0.2) is 4.79 Å². The second kappa shape index (κ2) is 4.96. The van der Waals surface area contributed by atoms with Crippen molar-refractivity contribution in [3.63, 3.8) is 0 Å². The minimum absolute atomic E-state index is 0.114. The van der Waals surface area contributed by atoms with Gasteiger partial charge >= 0.3 is 12.0 Å². The Morgan fingerprint density at radius 1 is 1.20 bits per heavy atom. The smallest absolute Gasteiger partial charge is 0.317 e. The van der Waals surface area contributed by atoms with Gasteiger partial charge in [0.15, 0.2) is 0 Å². The van der Waals surface area contributed by atoms with Gasteiger partial charge in [-0.05, 0) is 19.3 Å². The van der Waals surface area contributed by atoms with E-state index in [0.29, 0.717) is 32.0 Å². The van der Waals surface area contributed by atoms with Crippen molar-refractivity contribution in [1.82, 2.24) is 15.1 Å². The number of nitrogens with zero attached hydrogens (tertiary/aromatic N) is 2. The molecule has 3 rings (SSSR count). The summed E-state index contributed by atoms with van der Waals surface area (Å²) in [5.41, 5.74) is 0. The summed E-state index contributed by atoms with van der Waals surface area (Å²) in [5.74, 6) is -1.20. The molecule has 2 heterocycles. The highest BCUT2D eigenvalue weighted by atomic mass is 16.4. The van der Waals surface area contributed by atoms with Crippen LogP contribution in [0.2, 0.25) is 0 Å². The molecule has 0 bridgehead atoms. The molecule has 2 atom stereocenters. The number of carbonyl (C=O) groups is 3. The van der Waals surface area contributed by atoms with Crippen LogP contribution < -0.4 is 5.32 Å². The third-order valence-electron chi connectivity index (χ3n) is 4.30. The molecular weight excluding hydrogens is 262 g/mol. The van der Waals surface area contributed by atoms with Crippen molar-refractivity contribution >= 4 is 17.9 Å². The van der Waals surface area contributed by atoms with Crippen LogP contribution in [0.15, 0.2) is 0 Å². The van der Waals surface area contributed by atoms with Crippen molar-refractivity contribution in [1.29, 1.82) is 0 Å². The van der Waals surface area contributed by atoms with E-state index in [9.17, 15) is 14.4 Å². The predicted octanol–water partition coefficient (Wildman–Crippen LogP) is -0.134. The fourth-order valence-corrected chi connectivity index (χ4v) is 2.98. The number of carboxylic acid groups (broad SMARTS) is 1. The summed E-state index contributed by atoms with van der Waals surface area (Å²) in [4.78, 5) is 38.1. The van der Waals surface area contributed by atoms with Crippen molar-refractivity contribution in [2.24, 2.45) is 5.92 Å². The molecule has 0 spiro atoms. The number of hydrogen-bond acceptors (Lipinski definition) is 3.